The molecule has 2 rings (SSSR count). The zero-order chi connectivity index (χ0) is 13.1. The minimum Gasteiger partial charge on any atom is -0.359 e. The number of nitrogens with zero attached hydrogens (tertiary/aromatic N) is 2. The number of aliphatic imine (C=N–C) groups is 1. The molecule has 100 valence electrons. The van der Waals surface area contributed by atoms with E-state index in [9.17, 15) is 0 Å². The number of nitrogens with one attached hydrogen (secondary N) is 2. The van der Waals surface area contributed by atoms with Crippen molar-refractivity contribution in [1.82, 2.24) is 15.8 Å². The molecule has 2 N–H and O–H groups in total. The summed E-state index contributed by atoms with van der Waals surface area (Å²) >= 11 is 0. The van der Waals surface area contributed by atoms with Gasteiger partial charge in [0.15, 0.2) is 11.7 Å². The molecule has 0 radical (unpaired) electrons. The maximum Gasteiger partial charge on any atom is 0.191 e. The van der Waals surface area contributed by atoms with Crippen LogP contribution in [0.3, 0.4) is 0 Å². The Balaban J connectivity index is 1.81. The first-order chi connectivity index (χ1) is 8.60. The van der Waals surface area contributed by atoms with E-state index < -0.39 is 0 Å². The molecule has 1 aromatic rings. The second kappa shape index (κ2) is 5.42. The summed E-state index contributed by atoms with van der Waals surface area (Å²) in [7, 11) is 1.78. The summed E-state index contributed by atoms with van der Waals surface area (Å²) < 4.78 is 5.27. The molecule has 0 spiro atoms. The second-order valence-electron chi connectivity index (χ2n) is 5.26. The Morgan fingerprint density at radius 2 is 2.33 bits per heavy atom. The lowest BCUT2D eigenvalue weighted by Gasteiger charge is -2.09. The van der Waals surface area contributed by atoms with E-state index in [0.29, 0.717) is 18.5 Å². The molecular weight excluding hydrogens is 228 g/mol. The van der Waals surface area contributed by atoms with Crippen molar-refractivity contribution in [2.45, 2.75) is 45.7 Å². The molecule has 0 bridgehead atoms. The number of hydrogen-bond donors (Lipinski definition) is 2. The van der Waals surface area contributed by atoms with E-state index in [1.54, 1.807) is 7.05 Å². The predicted molar refractivity (Wildman–Crippen MR) is 71.5 cm³/mol. The topological polar surface area (TPSA) is 62.5 Å². The number of rotatable bonds is 4. The summed E-state index contributed by atoms with van der Waals surface area (Å²) in [6, 6.07) is 2.56. The summed E-state index contributed by atoms with van der Waals surface area (Å²) in [5, 5.41) is 10.6. The standard InChI is InChI=1S/C13H22N4O/c1-8(2)11-6-10(18-17-11)7-15-13(14-4)16-12-5-9(12)3/h6,8-9,12H,5,7H2,1-4H3,(H2,14,15,16). The van der Waals surface area contributed by atoms with Gasteiger partial charge in [0.25, 0.3) is 0 Å². The first-order valence-corrected chi connectivity index (χ1v) is 6.52. The maximum atomic E-state index is 5.27. The van der Waals surface area contributed by atoms with Crippen molar-refractivity contribution in [2.75, 3.05) is 7.05 Å². The maximum absolute atomic E-state index is 5.27. The fourth-order valence-electron chi connectivity index (χ4n) is 1.75. The van der Waals surface area contributed by atoms with Crippen LogP contribution >= 0.6 is 0 Å². The molecule has 5 nitrogen and oxygen atoms in total. The molecular formula is C13H22N4O. The smallest absolute Gasteiger partial charge is 0.191 e. The highest BCUT2D eigenvalue weighted by Crippen LogP contribution is 2.28. The lowest BCUT2D eigenvalue weighted by molar-refractivity contribution is 0.372. The van der Waals surface area contributed by atoms with Crippen LogP contribution in [0.25, 0.3) is 0 Å². The molecule has 18 heavy (non-hydrogen) atoms. The van der Waals surface area contributed by atoms with E-state index in [2.05, 4.69) is 41.6 Å². The Hall–Kier alpha value is -1.52. The molecule has 1 fully saturated rings. The minimum atomic E-state index is 0.396. The van der Waals surface area contributed by atoms with Crippen molar-refractivity contribution < 1.29 is 4.52 Å². The van der Waals surface area contributed by atoms with E-state index in [0.717, 1.165) is 23.3 Å². The van der Waals surface area contributed by atoms with E-state index in [1.807, 2.05) is 6.07 Å². The van der Waals surface area contributed by atoms with Crippen LogP contribution < -0.4 is 10.6 Å². The normalized spacial score (nSPS) is 23.3. The first kappa shape index (κ1) is 12.9. The summed E-state index contributed by atoms with van der Waals surface area (Å²) in [6.07, 6.45) is 1.22. The third kappa shape index (κ3) is 3.24. The third-order valence-corrected chi connectivity index (χ3v) is 3.25. The molecule has 1 aliphatic carbocycles. The van der Waals surface area contributed by atoms with Crippen LogP contribution in [0, 0.1) is 5.92 Å². The lowest BCUT2D eigenvalue weighted by atomic mass is 10.1. The number of guanidine groups is 1. The SMILES string of the molecule is CN=C(NCc1cc(C(C)C)no1)NC1CC1C. The van der Waals surface area contributed by atoms with Crippen LogP contribution in [0.5, 0.6) is 0 Å². The summed E-state index contributed by atoms with van der Waals surface area (Å²) in [4.78, 5) is 4.19. The third-order valence-electron chi connectivity index (χ3n) is 3.25. The van der Waals surface area contributed by atoms with Crippen LogP contribution in [0.15, 0.2) is 15.6 Å². The van der Waals surface area contributed by atoms with E-state index in [4.69, 9.17) is 4.52 Å². The van der Waals surface area contributed by atoms with Crippen LogP contribution in [-0.4, -0.2) is 24.2 Å². The van der Waals surface area contributed by atoms with Crippen molar-refractivity contribution in [2.24, 2.45) is 10.9 Å². The second-order valence-corrected chi connectivity index (χ2v) is 5.26. The van der Waals surface area contributed by atoms with Crippen molar-refractivity contribution in [3.8, 4) is 0 Å². The van der Waals surface area contributed by atoms with E-state index in [-0.39, 0.29) is 0 Å². The fourth-order valence-corrected chi connectivity index (χ4v) is 1.75. The average molecular weight is 250 g/mol. The van der Waals surface area contributed by atoms with Crippen LogP contribution in [0.1, 0.15) is 44.6 Å². The van der Waals surface area contributed by atoms with Crippen LogP contribution in [0.4, 0.5) is 0 Å². The number of hydrogen-bond acceptors (Lipinski definition) is 3. The van der Waals surface area contributed by atoms with Gasteiger partial charge in [-0.15, -0.1) is 0 Å². The highest BCUT2D eigenvalue weighted by Gasteiger charge is 2.33. The molecule has 1 aromatic heterocycles. The van der Waals surface area contributed by atoms with Gasteiger partial charge < -0.3 is 15.2 Å². The molecule has 1 saturated carbocycles. The monoisotopic (exact) mass is 250 g/mol. The molecule has 0 aromatic carbocycles. The summed E-state index contributed by atoms with van der Waals surface area (Å²) in [5.74, 6) is 2.81. The van der Waals surface area contributed by atoms with Gasteiger partial charge in [-0.2, -0.15) is 0 Å². The van der Waals surface area contributed by atoms with Crippen molar-refractivity contribution in [3.63, 3.8) is 0 Å². The first-order valence-electron chi connectivity index (χ1n) is 6.52. The lowest BCUT2D eigenvalue weighted by Crippen LogP contribution is -2.38. The van der Waals surface area contributed by atoms with Gasteiger partial charge in [0.1, 0.15) is 0 Å². The van der Waals surface area contributed by atoms with Crippen molar-refractivity contribution in [3.05, 3.63) is 17.5 Å². The average Bonchev–Trinajstić information content (AvgIpc) is 2.84. The van der Waals surface area contributed by atoms with Gasteiger partial charge in [-0.1, -0.05) is 25.9 Å². The highest BCUT2D eigenvalue weighted by molar-refractivity contribution is 5.80. The fraction of sp³-hybridized carbons (Fsp3) is 0.692. The molecule has 2 unspecified atom stereocenters. The highest BCUT2D eigenvalue weighted by atomic mass is 16.5. The Morgan fingerprint density at radius 3 is 2.83 bits per heavy atom. The van der Waals surface area contributed by atoms with Gasteiger partial charge in [-0.25, -0.2) is 0 Å². The molecule has 0 saturated heterocycles. The predicted octanol–water partition coefficient (Wildman–Crippen LogP) is 1.87. The van der Waals surface area contributed by atoms with Crippen LogP contribution in [0.2, 0.25) is 0 Å². The summed E-state index contributed by atoms with van der Waals surface area (Å²) in [5.41, 5.74) is 0.991. The molecule has 0 amide bonds. The summed E-state index contributed by atoms with van der Waals surface area (Å²) in [6.45, 7) is 7.05. The molecule has 1 aliphatic rings. The quantitative estimate of drug-likeness (QED) is 0.632. The number of aromatic nitrogens is 1. The van der Waals surface area contributed by atoms with E-state index in [1.165, 1.54) is 6.42 Å². The largest absolute Gasteiger partial charge is 0.359 e. The minimum absolute atomic E-state index is 0.396. The molecule has 2 atom stereocenters. The Morgan fingerprint density at radius 1 is 1.61 bits per heavy atom. The van der Waals surface area contributed by atoms with Gasteiger partial charge >= 0.3 is 0 Å². The Bertz CT molecular complexity index is 424. The van der Waals surface area contributed by atoms with Gasteiger partial charge in [-0.3, -0.25) is 4.99 Å². The van der Waals surface area contributed by atoms with Crippen LogP contribution in [-0.2, 0) is 6.54 Å². The van der Waals surface area contributed by atoms with Gasteiger partial charge in [0, 0.05) is 19.2 Å². The van der Waals surface area contributed by atoms with E-state index >= 15 is 0 Å². The Labute approximate surface area is 108 Å². The molecule has 0 aliphatic heterocycles. The zero-order valence-corrected chi connectivity index (χ0v) is 11.5. The Kier molecular flexibility index (Phi) is 3.89. The molecule has 1 heterocycles. The van der Waals surface area contributed by atoms with Crippen molar-refractivity contribution in [1.29, 1.82) is 0 Å². The zero-order valence-electron chi connectivity index (χ0n) is 11.5. The van der Waals surface area contributed by atoms with Gasteiger partial charge in [-0.05, 0) is 18.3 Å². The molecule has 5 heteroatoms. The van der Waals surface area contributed by atoms with Gasteiger partial charge in [0.05, 0.1) is 12.2 Å². The van der Waals surface area contributed by atoms with Gasteiger partial charge in [0.2, 0.25) is 0 Å². The van der Waals surface area contributed by atoms with Crippen molar-refractivity contribution >= 4 is 5.96 Å².